The average molecular weight is 348 g/mol. The maximum absolute atomic E-state index is 12.2. The third-order valence-corrected chi connectivity index (χ3v) is 4.04. The van der Waals surface area contributed by atoms with Crippen LogP contribution in [0.2, 0.25) is 0 Å². The first-order chi connectivity index (χ1) is 11.7. The quantitative estimate of drug-likeness (QED) is 0.759. The SMILES string of the molecule is COc1ccc(C(=O)OC(C)C(=O)NC(C)(C#N)C(C)C)cc1OC. The van der Waals surface area contributed by atoms with Crippen LogP contribution in [0.3, 0.4) is 0 Å². The van der Waals surface area contributed by atoms with Crippen LogP contribution in [-0.4, -0.2) is 37.7 Å². The lowest BCUT2D eigenvalue weighted by Gasteiger charge is -2.28. The number of hydrogen-bond acceptors (Lipinski definition) is 6. The lowest BCUT2D eigenvalue weighted by Crippen LogP contribution is -2.52. The summed E-state index contributed by atoms with van der Waals surface area (Å²) in [6, 6.07) is 6.64. The topological polar surface area (TPSA) is 97.6 Å². The molecule has 0 saturated carbocycles. The fourth-order valence-corrected chi connectivity index (χ4v) is 1.90. The van der Waals surface area contributed by atoms with Gasteiger partial charge in [-0.25, -0.2) is 4.79 Å². The average Bonchev–Trinajstić information content (AvgIpc) is 2.60. The molecular formula is C18H24N2O5. The molecule has 0 radical (unpaired) electrons. The van der Waals surface area contributed by atoms with Crippen LogP contribution < -0.4 is 14.8 Å². The Morgan fingerprint density at radius 1 is 1.16 bits per heavy atom. The molecule has 0 bridgehead atoms. The zero-order valence-corrected chi connectivity index (χ0v) is 15.4. The second-order valence-electron chi connectivity index (χ2n) is 6.08. The van der Waals surface area contributed by atoms with Gasteiger partial charge >= 0.3 is 5.97 Å². The van der Waals surface area contributed by atoms with Crippen molar-refractivity contribution in [3.8, 4) is 17.6 Å². The Bertz CT molecular complexity index is 681. The standard InChI is InChI=1S/C18H24N2O5/c1-11(2)18(4,10-19)20-16(21)12(3)25-17(22)13-7-8-14(23-5)15(9-13)24-6/h7-9,11-12H,1-6H3,(H,20,21). The normalized spacial score (nSPS) is 14.0. The molecule has 0 saturated heterocycles. The summed E-state index contributed by atoms with van der Waals surface area (Å²) in [4.78, 5) is 24.5. The number of carbonyl (C=O) groups is 2. The molecule has 0 aliphatic heterocycles. The van der Waals surface area contributed by atoms with Crippen molar-refractivity contribution in [1.29, 1.82) is 5.26 Å². The van der Waals surface area contributed by atoms with Crippen LogP contribution >= 0.6 is 0 Å². The Kier molecular flexibility index (Phi) is 6.80. The molecule has 25 heavy (non-hydrogen) atoms. The van der Waals surface area contributed by atoms with Crippen LogP contribution in [0.5, 0.6) is 11.5 Å². The Hall–Kier alpha value is -2.75. The predicted molar refractivity (Wildman–Crippen MR) is 91.4 cm³/mol. The lowest BCUT2D eigenvalue weighted by atomic mass is 9.90. The van der Waals surface area contributed by atoms with E-state index in [1.807, 2.05) is 13.8 Å². The second-order valence-corrected chi connectivity index (χ2v) is 6.08. The van der Waals surface area contributed by atoms with E-state index in [0.29, 0.717) is 11.5 Å². The van der Waals surface area contributed by atoms with Gasteiger partial charge in [0.15, 0.2) is 17.6 Å². The van der Waals surface area contributed by atoms with E-state index in [-0.39, 0.29) is 11.5 Å². The van der Waals surface area contributed by atoms with E-state index in [4.69, 9.17) is 14.2 Å². The third-order valence-electron chi connectivity index (χ3n) is 4.04. The van der Waals surface area contributed by atoms with E-state index >= 15 is 0 Å². The molecule has 0 heterocycles. The molecule has 7 heteroatoms. The number of benzene rings is 1. The predicted octanol–water partition coefficient (Wildman–Crippen LogP) is 2.30. The van der Waals surface area contributed by atoms with Crippen molar-refractivity contribution in [1.82, 2.24) is 5.32 Å². The molecule has 136 valence electrons. The van der Waals surface area contributed by atoms with Gasteiger partial charge in [-0.3, -0.25) is 4.79 Å². The summed E-state index contributed by atoms with van der Waals surface area (Å²) in [6.45, 7) is 6.72. The molecule has 1 N–H and O–H groups in total. The highest BCUT2D eigenvalue weighted by atomic mass is 16.5. The highest BCUT2D eigenvalue weighted by Gasteiger charge is 2.32. The van der Waals surface area contributed by atoms with E-state index in [1.54, 1.807) is 13.0 Å². The molecule has 1 aromatic rings. The molecule has 2 unspecified atom stereocenters. The number of methoxy groups -OCH3 is 2. The molecule has 0 aliphatic carbocycles. The van der Waals surface area contributed by atoms with Crippen molar-refractivity contribution in [3.63, 3.8) is 0 Å². The van der Waals surface area contributed by atoms with Crippen LogP contribution in [0.25, 0.3) is 0 Å². The van der Waals surface area contributed by atoms with Gasteiger partial charge in [0.25, 0.3) is 5.91 Å². The fourth-order valence-electron chi connectivity index (χ4n) is 1.90. The van der Waals surface area contributed by atoms with Crippen molar-refractivity contribution in [3.05, 3.63) is 23.8 Å². The van der Waals surface area contributed by atoms with Crippen LogP contribution in [-0.2, 0) is 9.53 Å². The smallest absolute Gasteiger partial charge is 0.339 e. The number of hydrogen-bond donors (Lipinski definition) is 1. The number of rotatable bonds is 7. The molecule has 2 atom stereocenters. The monoisotopic (exact) mass is 348 g/mol. The first-order valence-corrected chi connectivity index (χ1v) is 7.84. The van der Waals surface area contributed by atoms with E-state index < -0.39 is 23.5 Å². The van der Waals surface area contributed by atoms with E-state index in [2.05, 4.69) is 11.4 Å². The number of nitrogens with zero attached hydrogens (tertiary/aromatic N) is 1. The molecule has 0 spiro atoms. The number of amides is 1. The number of ether oxygens (including phenoxy) is 3. The third kappa shape index (κ3) is 4.86. The minimum Gasteiger partial charge on any atom is -0.493 e. The van der Waals surface area contributed by atoms with Gasteiger partial charge in [-0.05, 0) is 38.0 Å². The summed E-state index contributed by atoms with van der Waals surface area (Å²) in [7, 11) is 2.95. The zero-order valence-electron chi connectivity index (χ0n) is 15.4. The van der Waals surface area contributed by atoms with Crippen molar-refractivity contribution in [2.45, 2.75) is 39.3 Å². The first-order valence-electron chi connectivity index (χ1n) is 7.84. The molecule has 1 aromatic carbocycles. The van der Waals surface area contributed by atoms with Gasteiger partial charge in [0, 0.05) is 0 Å². The van der Waals surface area contributed by atoms with Crippen LogP contribution in [0.1, 0.15) is 38.1 Å². The van der Waals surface area contributed by atoms with E-state index in [1.165, 1.54) is 33.3 Å². The maximum atomic E-state index is 12.2. The molecule has 0 aromatic heterocycles. The number of nitriles is 1. The van der Waals surface area contributed by atoms with Crippen LogP contribution in [0.4, 0.5) is 0 Å². The Labute approximate surface area is 147 Å². The summed E-state index contributed by atoms with van der Waals surface area (Å²) in [5, 5.41) is 11.9. The van der Waals surface area contributed by atoms with E-state index in [0.717, 1.165) is 0 Å². The lowest BCUT2D eigenvalue weighted by molar-refractivity contribution is -0.130. The second kappa shape index (κ2) is 8.38. The maximum Gasteiger partial charge on any atom is 0.339 e. The molecule has 1 rings (SSSR count). The molecular weight excluding hydrogens is 324 g/mol. The van der Waals surface area contributed by atoms with Gasteiger partial charge in [0.1, 0.15) is 5.54 Å². The number of esters is 1. The van der Waals surface area contributed by atoms with Gasteiger partial charge in [0.2, 0.25) is 0 Å². The highest BCUT2D eigenvalue weighted by Crippen LogP contribution is 2.28. The minimum atomic E-state index is -1.05. The van der Waals surface area contributed by atoms with Crippen molar-refractivity contribution < 1.29 is 23.8 Å². The first kappa shape index (κ1) is 20.3. The van der Waals surface area contributed by atoms with Crippen molar-refractivity contribution in [2.24, 2.45) is 5.92 Å². The largest absolute Gasteiger partial charge is 0.493 e. The fraction of sp³-hybridized carbons (Fsp3) is 0.500. The van der Waals surface area contributed by atoms with Gasteiger partial charge in [0.05, 0.1) is 25.9 Å². The molecule has 7 nitrogen and oxygen atoms in total. The van der Waals surface area contributed by atoms with Gasteiger partial charge in [-0.2, -0.15) is 5.26 Å². The zero-order chi connectivity index (χ0) is 19.2. The Morgan fingerprint density at radius 2 is 1.76 bits per heavy atom. The Balaban J connectivity index is 2.83. The summed E-state index contributed by atoms with van der Waals surface area (Å²) >= 11 is 0. The van der Waals surface area contributed by atoms with Crippen LogP contribution in [0, 0.1) is 17.2 Å². The summed E-state index contributed by atoms with van der Waals surface area (Å²) in [5.41, 5.74) is -0.814. The number of nitrogens with one attached hydrogen (secondary N) is 1. The van der Waals surface area contributed by atoms with Gasteiger partial charge < -0.3 is 19.5 Å². The number of carbonyl (C=O) groups excluding carboxylic acids is 2. The summed E-state index contributed by atoms with van der Waals surface area (Å²) < 4.78 is 15.4. The van der Waals surface area contributed by atoms with Crippen molar-refractivity contribution >= 4 is 11.9 Å². The minimum absolute atomic E-state index is 0.102. The Morgan fingerprint density at radius 3 is 2.24 bits per heavy atom. The molecule has 1 amide bonds. The highest BCUT2D eigenvalue weighted by molar-refractivity contribution is 5.93. The molecule has 0 fully saturated rings. The summed E-state index contributed by atoms with van der Waals surface area (Å²) in [6.07, 6.45) is -1.05. The van der Waals surface area contributed by atoms with Crippen molar-refractivity contribution in [2.75, 3.05) is 14.2 Å². The van der Waals surface area contributed by atoms with Gasteiger partial charge in [-0.15, -0.1) is 0 Å². The van der Waals surface area contributed by atoms with E-state index in [9.17, 15) is 14.9 Å². The van der Waals surface area contributed by atoms with Crippen LogP contribution in [0.15, 0.2) is 18.2 Å². The molecule has 0 aliphatic rings. The van der Waals surface area contributed by atoms with Gasteiger partial charge in [-0.1, -0.05) is 13.8 Å². The summed E-state index contributed by atoms with van der Waals surface area (Å²) in [5.74, 6) is -0.453.